The van der Waals surface area contributed by atoms with Crippen molar-refractivity contribution in [2.75, 3.05) is 17.6 Å². The van der Waals surface area contributed by atoms with E-state index in [1.54, 1.807) is 31.2 Å². The highest BCUT2D eigenvalue weighted by Crippen LogP contribution is 2.16. The average molecular weight is 261 g/mol. The highest BCUT2D eigenvalue weighted by Gasteiger charge is 2.00. The molecule has 94 valence electrons. The van der Waals surface area contributed by atoms with Crippen LogP contribution in [-0.4, -0.2) is 21.8 Å². The SMILES string of the molecule is Cn1ccnc(NCCSc2ccccc2)c1=O. The van der Waals surface area contributed by atoms with Gasteiger partial charge in [-0.25, -0.2) is 4.98 Å². The number of rotatable bonds is 5. The fourth-order valence-electron chi connectivity index (χ4n) is 1.47. The summed E-state index contributed by atoms with van der Waals surface area (Å²) in [6, 6.07) is 10.2. The van der Waals surface area contributed by atoms with Crippen LogP contribution >= 0.6 is 11.8 Å². The molecule has 0 aliphatic rings. The van der Waals surface area contributed by atoms with Gasteiger partial charge in [-0.05, 0) is 12.1 Å². The maximum absolute atomic E-state index is 11.7. The molecular formula is C13H15N3OS. The molecule has 0 fully saturated rings. The van der Waals surface area contributed by atoms with Gasteiger partial charge >= 0.3 is 0 Å². The molecule has 0 amide bonds. The molecule has 4 nitrogen and oxygen atoms in total. The van der Waals surface area contributed by atoms with Gasteiger partial charge in [-0.15, -0.1) is 11.8 Å². The van der Waals surface area contributed by atoms with E-state index in [1.807, 2.05) is 18.2 Å². The minimum atomic E-state index is -0.0952. The van der Waals surface area contributed by atoms with Gasteiger partial charge in [0.25, 0.3) is 5.56 Å². The lowest BCUT2D eigenvalue weighted by Gasteiger charge is -2.05. The molecule has 0 saturated heterocycles. The van der Waals surface area contributed by atoms with Gasteiger partial charge in [0.15, 0.2) is 5.82 Å². The van der Waals surface area contributed by atoms with Crippen molar-refractivity contribution in [3.8, 4) is 0 Å². The smallest absolute Gasteiger partial charge is 0.293 e. The zero-order chi connectivity index (χ0) is 12.8. The third-order valence-electron chi connectivity index (χ3n) is 2.42. The molecule has 18 heavy (non-hydrogen) atoms. The van der Waals surface area contributed by atoms with Gasteiger partial charge in [-0.1, -0.05) is 18.2 Å². The fourth-order valence-corrected chi connectivity index (χ4v) is 2.26. The number of hydrogen-bond donors (Lipinski definition) is 1. The first-order valence-corrected chi connectivity index (χ1v) is 6.69. The normalized spacial score (nSPS) is 10.3. The predicted molar refractivity (Wildman–Crippen MR) is 75.1 cm³/mol. The molecule has 0 aliphatic carbocycles. The molecule has 0 unspecified atom stereocenters. The second kappa shape index (κ2) is 6.26. The largest absolute Gasteiger partial charge is 0.365 e. The standard InChI is InChI=1S/C13H15N3OS/c1-16-9-7-14-12(13(16)17)15-8-10-18-11-5-3-2-4-6-11/h2-7,9H,8,10H2,1H3,(H,14,15). The zero-order valence-electron chi connectivity index (χ0n) is 10.2. The molecule has 0 atom stereocenters. The first-order valence-electron chi connectivity index (χ1n) is 5.71. The number of aryl methyl sites for hydroxylation is 1. The van der Waals surface area contributed by atoms with Crippen LogP contribution in [0.4, 0.5) is 5.82 Å². The minimum Gasteiger partial charge on any atom is -0.365 e. The van der Waals surface area contributed by atoms with Crippen LogP contribution in [0, 0.1) is 0 Å². The van der Waals surface area contributed by atoms with E-state index >= 15 is 0 Å². The van der Waals surface area contributed by atoms with Crippen LogP contribution in [0.2, 0.25) is 0 Å². The second-order valence-electron chi connectivity index (χ2n) is 3.78. The molecule has 1 N–H and O–H groups in total. The number of aromatic nitrogens is 2. The van der Waals surface area contributed by atoms with Crippen LogP contribution in [0.3, 0.4) is 0 Å². The Morgan fingerprint density at radius 1 is 1.33 bits per heavy atom. The summed E-state index contributed by atoms with van der Waals surface area (Å²) in [5.74, 6) is 1.30. The van der Waals surface area contributed by atoms with Crippen LogP contribution in [0.5, 0.6) is 0 Å². The van der Waals surface area contributed by atoms with Gasteiger partial charge < -0.3 is 9.88 Å². The van der Waals surface area contributed by atoms with Crippen molar-refractivity contribution in [1.29, 1.82) is 0 Å². The number of hydrogen-bond acceptors (Lipinski definition) is 4. The van der Waals surface area contributed by atoms with Crippen LogP contribution in [0.1, 0.15) is 0 Å². The van der Waals surface area contributed by atoms with E-state index in [-0.39, 0.29) is 5.56 Å². The molecule has 0 radical (unpaired) electrons. The van der Waals surface area contributed by atoms with E-state index in [2.05, 4.69) is 22.4 Å². The molecule has 1 aromatic heterocycles. The number of nitrogens with zero attached hydrogens (tertiary/aromatic N) is 2. The van der Waals surface area contributed by atoms with Crippen molar-refractivity contribution in [3.05, 3.63) is 53.1 Å². The summed E-state index contributed by atoms with van der Waals surface area (Å²) in [5, 5.41) is 3.06. The Hall–Kier alpha value is -1.75. The Labute approximate surface area is 110 Å². The first-order chi connectivity index (χ1) is 8.77. The molecule has 5 heteroatoms. The molecule has 2 aromatic rings. The summed E-state index contributed by atoms with van der Waals surface area (Å²) < 4.78 is 1.51. The molecule has 0 saturated carbocycles. The van der Waals surface area contributed by atoms with Crippen molar-refractivity contribution in [1.82, 2.24) is 9.55 Å². The number of benzene rings is 1. The highest BCUT2D eigenvalue weighted by atomic mass is 32.2. The van der Waals surface area contributed by atoms with Crippen LogP contribution in [0.25, 0.3) is 0 Å². The molecule has 2 rings (SSSR count). The summed E-state index contributed by atoms with van der Waals surface area (Å²) in [4.78, 5) is 16.9. The van der Waals surface area contributed by atoms with E-state index in [0.29, 0.717) is 12.4 Å². The van der Waals surface area contributed by atoms with Crippen molar-refractivity contribution in [2.45, 2.75) is 4.90 Å². The number of anilines is 1. The van der Waals surface area contributed by atoms with Crippen LogP contribution in [-0.2, 0) is 7.05 Å². The maximum Gasteiger partial charge on any atom is 0.293 e. The van der Waals surface area contributed by atoms with Crippen molar-refractivity contribution < 1.29 is 0 Å². The molecule has 0 aliphatic heterocycles. The van der Waals surface area contributed by atoms with Gasteiger partial charge in [0.2, 0.25) is 0 Å². The third-order valence-corrected chi connectivity index (χ3v) is 3.44. The third kappa shape index (κ3) is 3.37. The van der Waals surface area contributed by atoms with Crippen molar-refractivity contribution in [2.24, 2.45) is 7.05 Å². The van der Waals surface area contributed by atoms with E-state index in [0.717, 1.165) is 5.75 Å². The monoisotopic (exact) mass is 261 g/mol. The summed E-state index contributed by atoms with van der Waals surface area (Å²) in [5.41, 5.74) is -0.0952. The lowest BCUT2D eigenvalue weighted by atomic mass is 10.4. The molecule has 1 aromatic carbocycles. The van der Waals surface area contributed by atoms with Gasteiger partial charge in [-0.2, -0.15) is 0 Å². The van der Waals surface area contributed by atoms with Crippen LogP contribution < -0.4 is 10.9 Å². The van der Waals surface area contributed by atoms with E-state index in [4.69, 9.17) is 0 Å². The summed E-state index contributed by atoms with van der Waals surface area (Å²) in [6.45, 7) is 0.714. The highest BCUT2D eigenvalue weighted by molar-refractivity contribution is 7.99. The predicted octanol–water partition coefficient (Wildman–Crippen LogP) is 1.98. The Morgan fingerprint density at radius 3 is 2.89 bits per heavy atom. The Morgan fingerprint density at radius 2 is 2.11 bits per heavy atom. The van der Waals surface area contributed by atoms with Crippen molar-refractivity contribution in [3.63, 3.8) is 0 Å². The first kappa shape index (κ1) is 12.7. The Bertz CT molecular complexity index is 554. The van der Waals surface area contributed by atoms with E-state index < -0.39 is 0 Å². The molecule has 0 spiro atoms. The topological polar surface area (TPSA) is 46.9 Å². The van der Waals surface area contributed by atoms with Gasteiger partial charge in [-0.3, -0.25) is 4.79 Å². The van der Waals surface area contributed by atoms with Gasteiger partial charge in [0.05, 0.1) is 0 Å². The average Bonchev–Trinajstić information content (AvgIpc) is 2.40. The summed E-state index contributed by atoms with van der Waals surface area (Å²) >= 11 is 1.75. The minimum absolute atomic E-state index is 0.0952. The van der Waals surface area contributed by atoms with E-state index in [1.165, 1.54) is 9.46 Å². The zero-order valence-corrected chi connectivity index (χ0v) is 11.0. The fraction of sp³-hybridized carbons (Fsp3) is 0.231. The lowest BCUT2D eigenvalue weighted by Crippen LogP contribution is -2.22. The molecule has 1 heterocycles. The maximum atomic E-state index is 11.7. The van der Waals surface area contributed by atoms with Gasteiger partial charge in [0, 0.05) is 36.6 Å². The van der Waals surface area contributed by atoms with Crippen LogP contribution in [0.15, 0.2) is 52.4 Å². The van der Waals surface area contributed by atoms with E-state index in [9.17, 15) is 4.79 Å². The lowest BCUT2D eigenvalue weighted by molar-refractivity contribution is 0.841. The number of nitrogens with one attached hydrogen (secondary N) is 1. The Kier molecular flexibility index (Phi) is 4.41. The van der Waals surface area contributed by atoms with Gasteiger partial charge in [0.1, 0.15) is 0 Å². The second-order valence-corrected chi connectivity index (χ2v) is 4.95. The Balaban J connectivity index is 1.82. The van der Waals surface area contributed by atoms with Crippen molar-refractivity contribution >= 4 is 17.6 Å². The quantitative estimate of drug-likeness (QED) is 0.660. The summed E-state index contributed by atoms with van der Waals surface area (Å²) in [6.07, 6.45) is 3.26. The number of thioether (sulfide) groups is 1. The molecular weight excluding hydrogens is 246 g/mol. The molecule has 0 bridgehead atoms. The summed E-state index contributed by atoms with van der Waals surface area (Å²) in [7, 11) is 1.72.